The molecule has 0 unspecified atom stereocenters. The average molecular weight is 194 g/mol. The van der Waals surface area contributed by atoms with Crippen LogP contribution in [0.4, 0.5) is 0 Å². The van der Waals surface area contributed by atoms with Crippen LogP contribution in [0.25, 0.3) is 0 Å². The van der Waals surface area contributed by atoms with Crippen LogP contribution in [0.3, 0.4) is 0 Å². The quantitative estimate of drug-likeness (QED) is 0.207. The Morgan fingerprint density at radius 3 is 2.73 bits per heavy atom. The minimum absolute atomic E-state index is 0. The van der Waals surface area contributed by atoms with Crippen LogP contribution in [-0.2, 0) is 33.1 Å². The van der Waals surface area contributed by atoms with E-state index in [1.165, 1.54) is 0 Å². The second-order valence-corrected chi connectivity index (χ2v) is 1.48. The normalized spacial score (nSPS) is 9.55. The van der Waals surface area contributed by atoms with Crippen molar-refractivity contribution in [3.05, 3.63) is 12.2 Å². The molecule has 0 rings (SSSR count). The van der Waals surface area contributed by atoms with Gasteiger partial charge in [-0.3, -0.25) is 11.0 Å². The van der Waals surface area contributed by atoms with Gasteiger partial charge in [0.25, 0.3) is 0 Å². The van der Waals surface area contributed by atoms with E-state index in [1.54, 1.807) is 6.08 Å². The second-order valence-electron chi connectivity index (χ2n) is 1.48. The fraction of sp³-hybridized carbons (Fsp3) is 0.571. The molecule has 0 amide bonds. The molecule has 11 heavy (non-hydrogen) atoms. The zero-order valence-corrected chi connectivity index (χ0v) is 7.84. The predicted molar refractivity (Wildman–Crippen MR) is 36.1 cm³/mol. The Morgan fingerprint density at radius 2 is 2.18 bits per heavy atom. The number of rotatable bonds is 6. The van der Waals surface area contributed by atoms with Crippen molar-refractivity contribution in [3.63, 3.8) is 0 Å². The van der Waals surface area contributed by atoms with Crippen LogP contribution in [0.1, 0.15) is 13.3 Å². The zero-order valence-electron chi connectivity index (χ0n) is 6.45. The second kappa shape index (κ2) is 12.6. The summed E-state index contributed by atoms with van der Waals surface area (Å²) in [5.74, 6) is 0. The van der Waals surface area contributed by atoms with Crippen molar-refractivity contribution in [3.8, 4) is 0 Å². The molecule has 0 bridgehead atoms. The Labute approximate surface area is 78.6 Å². The van der Waals surface area contributed by atoms with Crippen molar-refractivity contribution in [2.75, 3.05) is 13.2 Å². The van der Waals surface area contributed by atoms with Crippen molar-refractivity contribution in [2.24, 2.45) is 0 Å². The molecule has 0 spiro atoms. The zero-order chi connectivity index (χ0) is 7.66. The number of allylic oxidation sites excluding steroid dienone is 1. The minimum atomic E-state index is 0. The molecule has 0 aliphatic carbocycles. The van der Waals surface area contributed by atoms with Crippen molar-refractivity contribution < 1.29 is 33.1 Å². The van der Waals surface area contributed by atoms with Gasteiger partial charge in [0.1, 0.15) is 6.29 Å². The minimum Gasteiger partial charge on any atom is -0.470 e. The number of hydrogen-bond acceptors (Lipinski definition) is 3. The summed E-state index contributed by atoms with van der Waals surface area (Å²) >= 11 is 0. The van der Waals surface area contributed by atoms with Gasteiger partial charge < -0.3 is 10.9 Å². The van der Waals surface area contributed by atoms with E-state index in [-0.39, 0.29) is 25.2 Å². The van der Waals surface area contributed by atoms with E-state index < -0.39 is 0 Å². The van der Waals surface area contributed by atoms with Gasteiger partial charge in [-0.05, 0) is 20.0 Å². The number of carbonyl (C=O) groups is 1. The molecule has 0 aromatic carbocycles. The number of carbonyl (C=O) groups excluding carboxylic acids is 1. The summed E-state index contributed by atoms with van der Waals surface area (Å²) < 4.78 is 0. The summed E-state index contributed by atoms with van der Waals surface area (Å²) in [5, 5.41) is 0. The first kappa shape index (κ1) is 13.5. The Bertz CT molecular complexity index is 104. The van der Waals surface area contributed by atoms with Crippen LogP contribution in [-0.4, -0.2) is 19.5 Å². The Morgan fingerprint density at radius 1 is 1.45 bits per heavy atom. The summed E-state index contributed by atoms with van der Waals surface area (Å²) in [6.45, 7) is 2.63. The molecule has 0 N–H and O–H groups in total. The van der Waals surface area contributed by atoms with Gasteiger partial charge in [0, 0.05) is 18.6 Å². The van der Waals surface area contributed by atoms with Gasteiger partial charge in [-0.25, -0.2) is 4.89 Å². The van der Waals surface area contributed by atoms with Crippen LogP contribution >= 0.6 is 0 Å². The van der Waals surface area contributed by atoms with Gasteiger partial charge in [-0.15, -0.1) is 0 Å². The van der Waals surface area contributed by atoms with E-state index in [0.29, 0.717) is 13.0 Å². The summed E-state index contributed by atoms with van der Waals surface area (Å²) in [7, 11) is 0. The smallest absolute Gasteiger partial charge is 0.120 e. The first-order valence-corrected chi connectivity index (χ1v) is 3.15. The third kappa shape index (κ3) is 13.0. The Hall–Kier alpha value is -0.0856. The van der Waals surface area contributed by atoms with Gasteiger partial charge >= 0.3 is 0 Å². The summed E-state index contributed by atoms with van der Waals surface area (Å²) in [6.07, 6.45) is 5.50. The van der Waals surface area contributed by atoms with E-state index in [4.69, 9.17) is 0 Å². The van der Waals surface area contributed by atoms with Crippen molar-refractivity contribution in [2.45, 2.75) is 13.3 Å². The maximum absolute atomic E-state index is 9.75. The first-order valence-electron chi connectivity index (χ1n) is 3.15. The summed E-state index contributed by atoms with van der Waals surface area (Å²) in [5.41, 5.74) is 0. The molecule has 1 radical (unpaired) electrons. The monoisotopic (exact) mass is 194 g/mol. The summed E-state index contributed by atoms with van der Waals surface area (Å²) in [6, 6.07) is 0. The van der Waals surface area contributed by atoms with Crippen molar-refractivity contribution in [1.29, 1.82) is 0 Å². The topological polar surface area (TPSA) is 35.5 Å². The number of hydrogen-bond donors (Lipinski definition) is 0. The molecule has 4 heteroatoms. The molecule has 0 aliphatic heterocycles. The van der Waals surface area contributed by atoms with Gasteiger partial charge in [-0.2, -0.15) is 0 Å². The maximum Gasteiger partial charge on any atom is 0.120 e. The van der Waals surface area contributed by atoms with Crippen LogP contribution in [0.2, 0.25) is 0 Å². The molecule has 0 heterocycles. The van der Waals surface area contributed by atoms with Crippen LogP contribution in [0, 0.1) is 6.08 Å². The van der Waals surface area contributed by atoms with Gasteiger partial charge in [0.15, 0.2) is 0 Å². The Balaban J connectivity index is 0. The third-order valence-electron chi connectivity index (χ3n) is 0.702. The average Bonchev–Trinajstić information content (AvgIpc) is 1.97. The van der Waals surface area contributed by atoms with Crippen molar-refractivity contribution >= 4 is 6.29 Å². The van der Waals surface area contributed by atoms with Crippen molar-refractivity contribution in [1.82, 2.24) is 0 Å². The van der Waals surface area contributed by atoms with Crippen LogP contribution in [0.5, 0.6) is 0 Å². The van der Waals surface area contributed by atoms with E-state index in [2.05, 4.69) is 15.9 Å². The van der Waals surface area contributed by atoms with Crippen LogP contribution < -0.4 is 0 Å². The maximum atomic E-state index is 9.75. The molecular formula is C7H11O3V-. The molecule has 0 aliphatic rings. The largest absolute Gasteiger partial charge is 0.470 e. The summed E-state index contributed by atoms with van der Waals surface area (Å²) in [4.78, 5) is 18.9. The number of aldehydes is 1. The molecule has 0 saturated carbocycles. The molecule has 63 valence electrons. The third-order valence-corrected chi connectivity index (χ3v) is 0.702. The fourth-order valence-corrected chi connectivity index (χ4v) is 0.349. The molecular weight excluding hydrogens is 183 g/mol. The standard InChI is InChI=1S/C7H11O3.V/c1-2-9-10-7-5-3-4-6-8;/h3,6H,2,4,7H2,1H3;/q-1;. The van der Waals surface area contributed by atoms with E-state index >= 15 is 0 Å². The molecule has 0 atom stereocenters. The molecule has 0 fully saturated rings. The van der Waals surface area contributed by atoms with Gasteiger partial charge in [-0.1, -0.05) is 0 Å². The van der Waals surface area contributed by atoms with Gasteiger partial charge in [0.05, 0.1) is 6.61 Å². The van der Waals surface area contributed by atoms with E-state index in [9.17, 15) is 4.79 Å². The Kier molecular flexibility index (Phi) is 15.4. The predicted octanol–water partition coefficient (Wildman–Crippen LogP) is 0.900. The molecule has 0 aromatic rings. The molecule has 0 aromatic heterocycles. The van der Waals surface area contributed by atoms with Crippen LogP contribution in [0.15, 0.2) is 6.08 Å². The molecule has 3 nitrogen and oxygen atoms in total. The van der Waals surface area contributed by atoms with E-state index in [0.717, 1.165) is 6.29 Å². The fourth-order valence-electron chi connectivity index (χ4n) is 0.349. The SMILES string of the molecule is CCOOC[C-]=CCC=O.[V]. The molecule has 0 saturated heterocycles. The van der Waals surface area contributed by atoms with Gasteiger partial charge in [0.2, 0.25) is 0 Å². The first-order chi connectivity index (χ1) is 4.91. The van der Waals surface area contributed by atoms with E-state index in [1.807, 2.05) is 6.92 Å².